The van der Waals surface area contributed by atoms with Crippen LogP contribution in [0.4, 0.5) is 43.9 Å². The van der Waals surface area contributed by atoms with Crippen LogP contribution < -0.4 is 0 Å². The van der Waals surface area contributed by atoms with Crippen LogP contribution in [-0.4, -0.2) is 56.7 Å². The molecule has 8 atom stereocenters. The Labute approximate surface area is 690 Å². The Hall–Kier alpha value is -0.700. The molecule has 0 aliphatic carbocycles. The standard InChI is InChI=1S/C12H25F.3C11H23F.3C10H21F.C9H19F.2C8H17F/c1-7-8-12(6,13)11(9(2)3)10(4)5;1-7-10(5,8-2)11(6,12)9(3)4;1-7-11(6,12)10(8(2)3)9(4)5;1-6-9-11(5,12)10(4,7-2)8-3;1-6-9(4,7-2)10(5,11)8-3;1-6-9(7-2)10(5,11)8(3)4;1-5-8-10(4,11)9(6-2)7-3;1-5-8(6-2)9(4,10)7-3;1-6(2)8(5,9)7(3)4;1-4-6-8(3,9)7-5-2/h9-11H,7-8H2,1-6H3;9H,7-8H2,1-6H3;8-10H,7H2,1-6H3;6-9H2,1-5H3;6-8H2,1-5H3;8-9H,6-7H2,1-5H3;9H,5-8H2,1-4H3;8H,5-7H2,1-4H3;6-7H,1-5H3;4-7H2,1-3H3. The molecule has 0 aliphatic heterocycles. The molecule has 0 fully saturated rings. The summed E-state index contributed by atoms with van der Waals surface area (Å²) in [6, 6.07) is 0. The van der Waals surface area contributed by atoms with Gasteiger partial charge in [-0.2, -0.15) is 0 Å². The van der Waals surface area contributed by atoms with E-state index in [1.54, 1.807) is 69.2 Å². The molecule has 0 aromatic rings. The molecule has 0 aromatic carbocycles. The van der Waals surface area contributed by atoms with Crippen LogP contribution >= 0.6 is 0 Å². The summed E-state index contributed by atoms with van der Waals surface area (Å²) >= 11 is 0. The van der Waals surface area contributed by atoms with Crippen molar-refractivity contribution in [3.05, 3.63) is 0 Å². The van der Waals surface area contributed by atoms with Crippen molar-refractivity contribution in [2.75, 3.05) is 0 Å². The van der Waals surface area contributed by atoms with Gasteiger partial charge in [-0.3, -0.25) is 0 Å². The van der Waals surface area contributed by atoms with E-state index in [9.17, 15) is 43.9 Å². The second-order valence-corrected chi connectivity index (χ2v) is 39.1. The molecule has 0 N–H and O–H groups in total. The van der Waals surface area contributed by atoms with E-state index < -0.39 is 56.7 Å². The third-order valence-electron chi connectivity index (χ3n) is 28.4. The molecule has 0 saturated carbocycles. The Balaban J connectivity index is -0.000000126. The number of hydrogen-bond acceptors (Lipinski definition) is 0. The fourth-order valence-electron chi connectivity index (χ4n) is 16.7. The molecule has 0 radical (unpaired) electrons. The van der Waals surface area contributed by atoms with E-state index in [1.165, 1.54) is 0 Å². The third kappa shape index (κ3) is 50.3. The van der Waals surface area contributed by atoms with Crippen molar-refractivity contribution in [1.29, 1.82) is 0 Å². The van der Waals surface area contributed by atoms with Gasteiger partial charge in [0.25, 0.3) is 0 Å². The van der Waals surface area contributed by atoms with Crippen molar-refractivity contribution in [1.82, 2.24) is 0 Å². The first-order valence-electron chi connectivity index (χ1n) is 46.4. The van der Waals surface area contributed by atoms with Crippen LogP contribution in [0.1, 0.15) is 500 Å². The van der Waals surface area contributed by atoms with Gasteiger partial charge in [0, 0.05) is 16.2 Å². The average molecular weight is 1600 g/mol. The van der Waals surface area contributed by atoms with Crippen molar-refractivity contribution in [3.63, 3.8) is 0 Å². The van der Waals surface area contributed by atoms with Crippen LogP contribution in [-0.2, 0) is 0 Å². The van der Waals surface area contributed by atoms with Gasteiger partial charge in [-0.1, -0.05) is 341 Å². The van der Waals surface area contributed by atoms with Gasteiger partial charge >= 0.3 is 0 Å². The Bertz CT molecular complexity index is 1950. The van der Waals surface area contributed by atoms with Gasteiger partial charge < -0.3 is 0 Å². The summed E-state index contributed by atoms with van der Waals surface area (Å²) in [6.45, 7) is 96.6. The lowest BCUT2D eigenvalue weighted by Gasteiger charge is -2.42. The minimum atomic E-state index is -1.05. The largest absolute Gasteiger partial charge is 0.244 e. The molecule has 0 saturated heterocycles. The zero-order valence-electron chi connectivity index (χ0n) is 84.5. The highest BCUT2D eigenvalue weighted by Gasteiger charge is 2.46. The summed E-state index contributed by atoms with van der Waals surface area (Å²) in [5.74, 6) is 3.30. The average Bonchev–Trinajstić information content (AvgIpc) is 0.819. The van der Waals surface area contributed by atoms with Crippen molar-refractivity contribution in [2.45, 2.75) is 556 Å². The highest BCUT2D eigenvalue weighted by molar-refractivity contribution is 4.95. The van der Waals surface area contributed by atoms with Crippen LogP contribution in [0.25, 0.3) is 0 Å². The van der Waals surface area contributed by atoms with E-state index in [0.717, 1.165) is 109 Å². The maximum Gasteiger partial charge on any atom is 0.115 e. The van der Waals surface area contributed by atoms with Crippen LogP contribution in [0.5, 0.6) is 0 Å². The van der Waals surface area contributed by atoms with Crippen molar-refractivity contribution >= 4 is 0 Å². The Morgan fingerprint density at radius 2 is 0.445 bits per heavy atom. The predicted molar refractivity (Wildman–Crippen MR) is 485 cm³/mol. The summed E-state index contributed by atoms with van der Waals surface area (Å²) < 4.78 is 138. The van der Waals surface area contributed by atoms with Crippen molar-refractivity contribution in [3.8, 4) is 0 Å². The zero-order valence-corrected chi connectivity index (χ0v) is 84.5. The SMILES string of the molecule is CC(C)C(C)(F)C(C)C.CCC(C)(CC)C(C)(F)C(C)C.CCC(C)(F)C(C(C)C)C(C)C.CCC(C)(F)C(C)(CC)CC.CCC(CC)C(C)(F)C(C)C.CCC(CC)C(C)(F)CC.CCCC(C)(F)C(C(C)C)C(C)C.CCCC(C)(F)C(C)(CC)CC.CCCC(C)(F)C(CC)CC.CCCC(C)(F)CCC. The van der Waals surface area contributed by atoms with Crippen LogP contribution in [0, 0.1) is 93.2 Å². The van der Waals surface area contributed by atoms with Crippen LogP contribution in [0.3, 0.4) is 0 Å². The predicted octanol–water partition coefficient (Wildman–Crippen LogP) is 38.6. The minimum absolute atomic E-state index is 0.0994. The van der Waals surface area contributed by atoms with E-state index in [0.29, 0.717) is 75.0 Å². The van der Waals surface area contributed by atoms with Gasteiger partial charge in [-0.05, 0) is 236 Å². The summed E-state index contributed by atoms with van der Waals surface area (Å²) in [7, 11) is 0. The Kier molecular flexibility index (Phi) is 73.8. The molecule has 10 heteroatoms. The van der Waals surface area contributed by atoms with Gasteiger partial charge in [-0.25, -0.2) is 43.9 Å². The van der Waals surface area contributed by atoms with E-state index >= 15 is 0 Å². The smallest absolute Gasteiger partial charge is 0.115 e. The number of halogens is 10. The fourth-order valence-corrected chi connectivity index (χ4v) is 16.7. The molecular formula is C100H210F10. The van der Waals surface area contributed by atoms with Crippen molar-refractivity contribution < 1.29 is 43.9 Å². The lowest BCUT2D eigenvalue weighted by molar-refractivity contribution is -0.0267. The molecule has 0 bridgehead atoms. The van der Waals surface area contributed by atoms with E-state index in [2.05, 4.69) is 152 Å². The Morgan fingerprint density at radius 3 is 0.591 bits per heavy atom. The zero-order chi connectivity index (χ0) is 90.7. The molecule has 0 rings (SSSR count). The highest BCUT2D eigenvalue weighted by atomic mass is 19.2. The first kappa shape index (κ1) is 130. The van der Waals surface area contributed by atoms with E-state index in [1.807, 2.05) is 118 Å². The monoisotopic (exact) mass is 1600 g/mol. The second-order valence-electron chi connectivity index (χ2n) is 39.1. The normalized spacial score (nSPS) is 16.7. The summed E-state index contributed by atoms with van der Waals surface area (Å²) in [5.41, 5.74) is -10.2. The topological polar surface area (TPSA) is 0 Å². The number of alkyl halides is 10. The maximum absolute atomic E-state index is 14.3. The van der Waals surface area contributed by atoms with Gasteiger partial charge in [0.1, 0.15) is 56.7 Å². The molecule has 680 valence electrons. The van der Waals surface area contributed by atoms with Crippen LogP contribution in [0.15, 0.2) is 0 Å². The third-order valence-corrected chi connectivity index (χ3v) is 28.4. The highest BCUT2D eigenvalue weighted by Crippen LogP contribution is 2.47. The first-order valence-corrected chi connectivity index (χ1v) is 46.4. The number of rotatable bonds is 41. The minimum Gasteiger partial charge on any atom is -0.244 e. The molecule has 0 nitrogen and oxygen atoms in total. The lowest BCUT2D eigenvalue weighted by Crippen LogP contribution is -2.43. The number of hydrogen-bond donors (Lipinski definition) is 0. The quantitative estimate of drug-likeness (QED) is 0.0535. The molecule has 0 spiro atoms. The summed E-state index contributed by atoms with van der Waals surface area (Å²) in [5, 5.41) is 0. The molecular weight excluding hydrogens is 1390 g/mol. The lowest BCUT2D eigenvalue weighted by atomic mass is 9.67. The Morgan fingerprint density at radius 1 is 0.209 bits per heavy atom. The molecule has 0 amide bonds. The van der Waals surface area contributed by atoms with Gasteiger partial charge in [0.05, 0.1) is 0 Å². The molecule has 0 heterocycles. The second kappa shape index (κ2) is 62.5. The fraction of sp³-hybridized carbons (Fsp3) is 1.00. The van der Waals surface area contributed by atoms with Crippen LogP contribution in [0.2, 0.25) is 0 Å². The van der Waals surface area contributed by atoms with Gasteiger partial charge in [0.15, 0.2) is 0 Å². The van der Waals surface area contributed by atoms with E-state index in [-0.39, 0.29) is 69.5 Å². The van der Waals surface area contributed by atoms with E-state index in [4.69, 9.17) is 0 Å². The molecule has 8 unspecified atom stereocenters. The first-order chi connectivity index (χ1) is 49.5. The van der Waals surface area contributed by atoms with Gasteiger partial charge in [-0.15, -0.1) is 0 Å². The molecule has 0 aromatic heterocycles. The van der Waals surface area contributed by atoms with Gasteiger partial charge in [0.2, 0.25) is 0 Å². The molecule has 0 aliphatic rings. The summed E-state index contributed by atoms with van der Waals surface area (Å²) in [6.07, 6.45) is 21.3. The summed E-state index contributed by atoms with van der Waals surface area (Å²) in [4.78, 5) is 0. The van der Waals surface area contributed by atoms with Crippen molar-refractivity contribution in [2.24, 2.45) is 93.2 Å². The molecule has 110 heavy (non-hydrogen) atoms. The maximum atomic E-state index is 14.3.